The summed E-state index contributed by atoms with van der Waals surface area (Å²) in [7, 11) is 0. The highest BCUT2D eigenvalue weighted by Gasteiger charge is 2.00. The quantitative estimate of drug-likeness (QED) is 0.527. The summed E-state index contributed by atoms with van der Waals surface area (Å²) in [4.78, 5) is 0. The van der Waals surface area contributed by atoms with Gasteiger partial charge in [-0.1, -0.05) is 30.3 Å². The van der Waals surface area contributed by atoms with Gasteiger partial charge in [0.05, 0.1) is 6.10 Å². The fourth-order valence-electron chi connectivity index (χ4n) is 2.07. The van der Waals surface area contributed by atoms with Crippen molar-refractivity contribution >= 4 is 34.8 Å². The van der Waals surface area contributed by atoms with E-state index in [1.165, 1.54) is 5.56 Å². The van der Waals surface area contributed by atoms with E-state index in [0.29, 0.717) is 5.11 Å². The smallest absolute Gasteiger partial charge is 0.170 e. The molecule has 0 spiro atoms. The van der Waals surface area contributed by atoms with Gasteiger partial charge >= 0.3 is 0 Å². The van der Waals surface area contributed by atoms with Crippen LogP contribution >= 0.6 is 24.0 Å². The fraction of sp³-hybridized carbons (Fsp3) is 0.316. The average molecular weight is 361 g/mol. The van der Waals surface area contributed by atoms with Gasteiger partial charge in [-0.05, 0) is 55.9 Å². The third kappa shape index (κ3) is 7.23. The number of rotatable bonds is 8. The molecule has 2 aromatic rings. The Morgan fingerprint density at radius 1 is 1.08 bits per heavy atom. The zero-order chi connectivity index (χ0) is 17.2. The van der Waals surface area contributed by atoms with E-state index in [9.17, 15) is 0 Å². The summed E-state index contributed by atoms with van der Waals surface area (Å²) in [5.74, 6) is 2.91. The van der Waals surface area contributed by atoms with Crippen LogP contribution in [0, 0.1) is 0 Å². The van der Waals surface area contributed by atoms with E-state index in [4.69, 9.17) is 17.0 Å². The van der Waals surface area contributed by atoms with E-state index in [2.05, 4.69) is 34.9 Å². The van der Waals surface area contributed by atoms with Crippen LogP contribution in [0.15, 0.2) is 54.6 Å². The van der Waals surface area contributed by atoms with E-state index in [1.807, 2.05) is 55.9 Å². The lowest BCUT2D eigenvalue weighted by Crippen LogP contribution is -2.30. The minimum absolute atomic E-state index is 0.180. The SMILES string of the molecule is CC(C)Oc1ccc(NC(=S)NCCSCc2ccccc2)cc1. The molecule has 0 atom stereocenters. The van der Waals surface area contributed by atoms with Crippen molar-refractivity contribution in [2.45, 2.75) is 25.7 Å². The summed E-state index contributed by atoms with van der Waals surface area (Å²) in [6.45, 7) is 4.87. The first-order valence-corrected chi connectivity index (χ1v) is 9.63. The Kier molecular flexibility index (Phi) is 7.92. The van der Waals surface area contributed by atoms with E-state index in [-0.39, 0.29) is 6.10 Å². The molecule has 128 valence electrons. The van der Waals surface area contributed by atoms with Crippen LogP contribution in [-0.2, 0) is 5.75 Å². The van der Waals surface area contributed by atoms with Crippen molar-refractivity contribution in [3.05, 3.63) is 60.2 Å². The van der Waals surface area contributed by atoms with Gasteiger partial charge in [-0.2, -0.15) is 11.8 Å². The first-order valence-electron chi connectivity index (χ1n) is 8.07. The molecule has 0 aliphatic rings. The van der Waals surface area contributed by atoms with Gasteiger partial charge in [-0.3, -0.25) is 0 Å². The molecule has 2 rings (SSSR count). The van der Waals surface area contributed by atoms with Gasteiger partial charge in [0.25, 0.3) is 0 Å². The highest BCUT2D eigenvalue weighted by Crippen LogP contribution is 2.16. The molecule has 2 aromatic carbocycles. The lowest BCUT2D eigenvalue weighted by Gasteiger charge is -2.12. The zero-order valence-corrected chi connectivity index (χ0v) is 15.8. The van der Waals surface area contributed by atoms with Crippen LogP contribution in [0.4, 0.5) is 5.69 Å². The van der Waals surface area contributed by atoms with E-state index >= 15 is 0 Å². The number of nitrogens with one attached hydrogen (secondary N) is 2. The molecule has 0 radical (unpaired) electrons. The summed E-state index contributed by atoms with van der Waals surface area (Å²) < 4.78 is 5.62. The van der Waals surface area contributed by atoms with Crippen LogP contribution in [-0.4, -0.2) is 23.5 Å². The number of benzene rings is 2. The fourth-order valence-corrected chi connectivity index (χ4v) is 3.10. The molecular formula is C19H24N2OS2. The maximum Gasteiger partial charge on any atom is 0.170 e. The maximum atomic E-state index is 5.62. The van der Waals surface area contributed by atoms with Crippen molar-refractivity contribution in [3.8, 4) is 5.75 Å². The van der Waals surface area contributed by atoms with Crippen LogP contribution in [0.1, 0.15) is 19.4 Å². The molecule has 5 heteroatoms. The van der Waals surface area contributed by atoms with Gasteiger partial charge in [-0.15, -0.1) is 0 Å². The molecule has 0 aromatic heterocycles. The highest BCUT2D eigenvalue weighted by atomic mass is 32.2. The standard InChI is InChI=1S/C19H24N2OS2/c1-15(2)22-18-10-8-17(9-11-18)21-19(23)20-12-13-24-14-16-6-4-3-5-7-16/h3-11,15H,12-14H2,1-2H3,(H2,20,21,23). The third-order valence-corrected chi connectivity index (χ3v) is 4.40. The number of hydrogen-bond donors (Lipinski definition) is 2. The summed E-state index contributed by atoms with van der Waals surface area (Å²) >= 11 is 7.21. The summed E-state index contributed by atoms with van der Waals surface area (Å²) in [5.41, 5.74) is 2.31. The summed E-state index contributed by atoms with van der Waals surface area (Å²) in [6.07, 6.45) is 0.180. The molecule has 0 heterocycles. The Morgan fingerprint density at radius 2 is 1.79 bits per heavy atom. The van der Waals surface area contributed by atoms with E-state index in [0.717, 1.165) is 29.5 Å². The van der Waals surface area contributed by atoms with Gasteiger partial charge in [0.15, 0.2) is 5.11 Å². The largest absolute Gasteiger partial charge is 0.491 e. The topological polar surface area (TPSA) is 33.3 Å². The molecule has 0 unspecified atom stereocenters. The van der Waals surface area contributed by atoms with Crippen molar-refractivity contribution in [3.63, 3.8) is 0 Å². The summed E-state index contributed by atoms with van der Waals surface area (Å²) in [5, 5.41) is 7.07. The molecule has 3 nitrogen and oxygen atoms in total. The maximum absolute atomic E-state index is 5.62. The molecule has 0 aliphatic carbocycles. The number of thioether (sulfide) groups is 1. The normalized spacial score (nSPS) is 10.5. The number of ether oxygens (including phenoxy) is 1. The van der Waals surface area contributed by atoms with Crippen molar-refractivity contribution < 1.29 is 4.74 Å². The van der Waals surface area contributed by atoms with Crippen LogP contribution in [0.5, 0.6) is 5.75 Å². The molecule has 2 N–H and O–H groups in total. The lowest BCUT2D eigenvalue weighted by molar-refractivity contribution is 0.242. The van der Waals surface area contributed by atoms with E-state index < -0.39 is 0 Å². The molecule has 0 bridgehead atoms. The van der Waals surface area contributed by atoms with Gasteiger partial charge in [0.1, 0.15) is 5.75 Å². The number of thiocarbonyl (C=S) groups is 1. The van der Waals surface area contributed by atoms with E-state index in [1.54, 1.807) is 0 Å². The van der Waals surface area contributed by atoms with Crippen LogP contribution in [0.25, 0.3) is 0 Å². The molecule has 0 fully saturated rings. The lowest BCUT2D eigenvalue weighted by atomic mass is 10.2. The Morgan fingerprint density at radius 3 is 2.46 bits per heavy atom. The van der Waals surface area contributed by atoms with Gasteiger partial charge in [0.2, 0.25) is 0 Å². The second-order valence-electron chi connectivity index (χ2n) is 5.61. The number of hydrogen-bond acceptors (Lipinski definition) is 3. The monoisotopic (exact) mass is 360 g/mol. The number of anilines is 1. The van der Waals surface area contributed by atoms with Crippen molar-refractivity contribution in [2.24, 2.45) is 0 Å². The average Bonchev–Trinajstić information content (AvgIpc) is 2.57. The minimum Gasteiger partial charge on any atom is -0.491 e. The first-order chi connectivity index (χ1) is 11.6. The van der Waals surface area contributed by atoms with Crippen LogP contribution in [0.3, 0.4) is 0 Å². The molecule has 0 aliphatic heterocycles. The van der Waals surface area contributed by atoms with Crippen molar-refractivity contribution in [1.82, 2.24) is 5.32 Å². The van der Waals surface area contributed by atoms with Gasteiger partial charge in [0, 0.05) is 23.7 Å². The molecule has 0 amide bonds. The molecular weight excluding hydrogens is 336 g/mol. The Bertz CT molecular complexity index is 615. The minimum atomic E-state index is 0.180. The molecule has 0 saturated carbocycles. The van der Waals surface area contributed by atoms with Gasteiger partial charge in [-0.25, -0.2) is 0 Å². The first kappa shape index (κ1) is 18.6. The molecule has 24 heavy (non-hydrogen) atoms. The second-order valence-corrected chi connectivity index (χ2v) is 7.12. The second kappa shape index (κ2) is 10.2. The highest BCUT2D eigenvalue weighted by molar-refractivity contribution is 7.98. The van der Waals surface area contributed by atoms with Gasteiger partial charge < -0.3 is 15.4 Å². The Hall–Kier alpha value is -1.72. The van der Waals surface area contributed by atoms with Crippen LogP contribution in [0.2, 0.25) is 0 Å². The molecule has 0 saturated heterocycles. The van der Waals surface area contributed by atoms with Crippen molar-refractivity contribution in [1.29, 1.82) is 0 Å². The predicted molar refractivity (Wildman–Crippen MR) is 109 cm³/mol. The predicted octanol–water partition coefficient (Wildman–Crippen LogP) is 4.69. The van der Waals surface area contributed by atoms with Crippen LogP contribution < -0.4 is 15.4 Å². The zero-order valence-electron chi connectivity index (χ0n) is 14.1. The Labute approximate surface area is 154 Å². The summed E-state index contributed by atoms with van der Waals surface area (Å²) in [6, 6.07) is 18.3. The van der Waals surface area contributed by atoms with Crippen molar-refractivity contribution in [2.75, 3.05) is 17.6 Å². The Balaban J connectivity index is 1.62. The third-order valence-electron chi connectivity index (χ3n) is 3.13.